The van der Waals surface area contributed by atoms with E-state index in [0.29, 0.717) is 5.69 Å². The normalized spacial score (nSPS) is 13.5. The number of aliphatic hydroxyl groups excluding tert-OH is 1. The van der Waals surface area contributed by atoms with Crippen LogP contribution in [0.15, 0.2) is 12.5 Å². The summed E-state index contributed by atoms with van der Waals surface area (Å²) >= 11 is 0. The van der Waals surface area contributed by atoms with Gasteiger partial charge in [0.2, 0.25) is 0 Å². The lowest BCUT2D eigenvalue weighted by Gasteiger charge is -2.00. The summed E-state index contributed by atoms with van der Waals surface area (Å²) in [5, 5.41) is 9.14. The summed E-state index contributed by atoms with van der Waals surface area (Å²) in [6, 6.07) is 0. The Balaban J connectivity index is 2.74. The molecular formula is C6H11N3O. The highest BCUT2D eigenvalue weighted by atomic mass is 16.3. The van der Waals surface area contributed by atoms with Crippen LogP contribution in [-0.4, -0.2) is 21.2 Å². The van der Waals surface area contributed by atoms with E-state index < -0.39 is 6.10 Å². The molecule has 0 aromatic carbocycles. The zero-order valence-electron chi connectivity index (χ0n) is 5.86. The van der Waals surface area contributed by atoms with Crippen LogP contribution in [0.1, 0.15) is 11.8 Å². The standard InChI is InChI=1S/C6H11N3O/c1-9-3-5(8-4-9)6(10)2-7/h3-4,6,10H,2,7H2,1H3/t6-/m0/s1. The second-order valence-corrected chi connectivity index (χ2v) is 2.22. The summed E-state index contributed by atoms with van der Waals surface area (Å²) in [7, 11) is 1.85. The average Bonchev–Trinajstić information content (AvgIpc) is 2.34. The maximum atomic E-state index is 9.14. The molecule has 0 saturated heterocycles. The van der Waals surface area contributed by atoms with Crippen molar-refractivity contribution in [2.75, 3.05) is 6.54 Å². The van der Waals surface area contributed by atoms with Gasteiger partial charge >= 0.3 is 0 Å². The highest BCUT2D eigenvalue weighted by molar-refractivity contribution is 5.00. The van der Waals surface area contributed by atoms with Gasteiger partial charge in [-0.25, -0.2) is 4.98 Å². The molecule has 1 atom stereocenters. The van der Waals surface area contributed by atoms with Crippen molar-refractivity contribution in [3.05, 3.63) is 18.2 Å². The summed E-state index contributed by atoms with van der Waals surface area (Å²) < 4.78 is 1.77. The molecule has 0 amide bonds. The first-order chi connectivity index (χ1) is 4.74. The Morgan fingerprint density at radius 2 is 2.60 bits per heavy atom. The highest BCUT2D eigenvalue weighted by Gasteiger charge is 2.06. The zero-order valence-corrected chi connectivity index (χ0v) is 5.86. The van der Waals surface area contributed by atoms with Gasteiger partial charge in [0.1, 0.15) is 6.10 Å². The van der Waals surface area contributed by atoms with Crippen molar-refractivity contribution >= 4 is 0 Å². The van der Waals surface area contributed by atoms with Gasteiger partial charge in [-0.05, 0) is 0 Å². The molecule has 1 heterocycles. The van der Waals surface area contributed by atoms with Crippen LogP contribution < -0.4 is 5.73 Å². The van der Waals surface area contributed by atoms with Gasteiger partial charge in [0, 0.05) is 19.8 Å². The molecule has 0 spiro atoms. The number of aryl methyl sites for hydroxylation is 1. The van der Waals surface area contributed by atoms with Crippen LogP contribution in [0.5, 0.6) is 0 Å². The van der Waals surface area contributed by atoms with Crippen LogP contribution in [0.3, 0.4) is 0 Å². The van der Waals surface area contributed by atoms with E-state index in [-0.39, 0.29) is 6.54 Å². The van der Waals surface area contributed by atoms with Gasteiger partial charge in [-0.1, -0.05) is 0 Å². The minimum Gasteiger partial charge on any atom is -0.385 e. The van der Waals surface area contributed by atoms with Crippen LogP contribution in [0, 0.1) is 0 Å². The van der Waals surface area contributed by atoms with E-state index >= 15 is 0 Å². The summed E-state index contributed by atoms with van der Waals surface area (Å²) in [6.07, 6.45) is 2.76. The number of aliphatic hydroxyl groups is 1. The van der Waals surface area contributed by atoms with Crippen LogP contribution in [-0.2, 0) is 7.05 Å². The summed E-state index contributed by atoms with van der Waals surface area (Å²) in [6.45, 7) is 0.219. The Morgan fingerprint density at radius 3 is 3.00 bits per heavy atom. The molecule has 0 aliphatic heterocycles. The number of aromatic nitrogens is 2. The number of rotatable bonds is 2. The fraction of sp³-hybridized carbons (Fsp3) is 0.500. The van der Waals surface area contributed by atoms with Gasteiger partial charge in [0.25, 0.3) is 0 Å². The quantitative estimate of drug-likeness (QED) is 0.578. The Bertz CT molecular complexity index is 209. The fourth-order valence-corrected chi connectivity index (χ4v) is 0.726. The maximum absolute atomic E-state index is 9.14. The third-order valence-electron chi connectivity index (χ3n) is 1.29. The van der Waals surface area contributed by atoms with E-state index in [1.807, 2.05) is 7.05 Å². The van der Waals surface area contributed by atoms with Crippen molar-refractivity contribution < 1.29 is 5.11 Å². The first-order valence-corrected chi connectivity index (χ1v) is 3.10. The molecule has 1 aromatic rings. The summed E-state index contributed by atoms with van der Waals surface area (Å²) in [5.41, 5.74) is 5.84. The van der Waals surface area contributed by atoms with Gasteiger partial charge in [0.05, 0.1) is 12.0 Å². The SMILES string of the molecule is Cn1cnc([C@@H](O)CN)c1. The molecule has 0 bridgehead atoms. The van der Waals surface area contributed by atoms with Crippen molar-refractivity contribution in [3.63, 3.8) is 0 Å². The Labute approximate surface area is 59.3 Å². The molecule has 0 radical (unpaired) electrons. The number of nitrogens with two attached hydrogens (primary N) is 1. The molecule has 0 aliphatic rings. The molecular weight excluding hydrogens is 130 g/mol. The minimum atomic E-state index is -0.624. The average molecular weight is 141 g/mol. The lowest BCUT2D eigenvalue weighted by atomic mass is 10.3. The third-order valence-corrected chi connectivity index (χ3v) is 1.29. The summed E-state index contributed by atoms with van der Waals surface area (Å²) in [4.78, 5) is 3.92. The largest absolute Gasteiger partial charge is 0.385 e. The predicted molar refractivity (Wildman–Crippen MR) is 37.2 cm³/mol. The van der Waals surface area contributed by atoms with Gasteiger partial charge in [-0.3, -0.25) is 0 Å². The fourth-order valence-electron chi connectivity index (χ4n) is 0.726. The number of nitrogens with zero attached hydrogens (tertiary/aromatic N) is 2. The monoisotopic (exact) mass is 141 g/mol. The maximum Gasteiger partial charge on any atom is 0.110 e. The molecule has 0 unspecified atom stereocenters. The second kappa shape index (κ2) is 2.81. The highest BCUT2D eigenvalue weighted by Crippen LogP contribution is 2.05. The first-order valence-electron chi connectivity index (χ1n) is 3.10. The molecule has 1 aromatic heterocycles. The topological polar surface area (TPSA) is 64.1 Å². The van der Waals surface area contributed by atoms with Crippen molar-refractivity contribution in [2.45, 2.75) is 6.10 Å². The van der Waals surface area contributed by atoms with E-state index in [4.69, 9.17) is 10.8 Å². The van der Waals surface area contributed by atoms with E-state index in [1.54, 1.807) is 17.1 Å². The molecule has 4 nitrogen and oxygen atoms in total. The van der Waals surface area contributed by atoms with Crippen molar-refractivity contribution in [1.29, 1.82) is 0 Å². The number of hydrogen-bond donors (Lipinski definition) is 2. The molecule has 0 saturated carbocycles. The van der Waals surface area contributed by atoms with E-state index in [0.717, 1.165) is 0 Å². The van der Waals surface area contributed by atoms with Crippen LogP contribution in [0.4, 0.5) is 0 Å². The van der Waals surface area contributed by atoms with Crippen molar-refractivity contribution in [1.82, 2.24) is 9.55 Å². The van der Waals surface area contributed by atoms with Crippen molar-refractivity contribution in [2.24, 2.45) is 12.8 Å². The number of hydrogen-bond acceptors (Lipinski definition) is 3. The van der Waals surface area contributed by atoms with Crippen LogP contribution in [0.2, 0.25) is 0 Å². The molecule has 0 aliphatic carbocycles. The molecule has 56 valence electrons. The summed E-state index contributed by atoms with van der Waals surface area (Å²) in [5.74, 6) is 0. The smallest absolute Gasteiger partial charge is 0.110 e. The molecule has 4 heteroatoms. The van der Waals surface area contributed by atoms with Crippen LogP contribution >= 0.6 is 0 Å². The molecule has 1 rings (SSSR count). The van der Waals surface area contributed by atoms with Gasteiger partial charge in [-0.2, -0.15) is 0 Å². The zero-order chi connectivity index (χ0) is 7.56. The van der Waals surface area contributed by atoms with E-state index in [9.17, 15) is 0 Å². The predicted octanol–water partition coefficient (Wildman–Crippen LogP) is -0.588. The first kappa shape index (κ1) is 7.24. The van der Waals surface area contributed by atoms with E-state index in [2.05, 4.69) is 4.98 Å². The third kappa shape index (κ3) is 1.34. The van der Waals surface area contributed by atoms with E-state index in [1.165, 1.54) is 0 Å². The Hall–Kier alpha value is -0.870. The minimum absolute atomic E-state index is 0.219. The second-order valence-electron chi connectivity index (χ2n) is 2.22. The number of imidazole rings is 1. The van der Waals surface area contributed by atoms with Crippen LogP contribution in [0.25, 0.3) is 0 Å². The molecule has 10 heavy (non-hydrogen) atoms. The van der Waals surface area contributed by atoms with Gasteiger partial charge in [-0.15, -0.1) is 0 Å². The Morgan fingerprint density at radius 1 is 1.90 bits per heavy atom. The van der Waals surface area contributed by atoms with Gasteiger partial charge in [0.15, 0.2) is 0 Å². The lowest BCUT2D eigenvalue weighted by Crippen LogP contribution is -2.11. The Kier molecular flexibility index (Phi) is 2.03. The van der Waals surface area contributed by atoms with Crippen molar-refractivity contribution in [3.8, 4) is 0 Å². The molecule has 3 N–H and O–H groups in total. The molecule has 0 fully saturated rings. The lowest BCUT2D eigenvalue weighted by molar-refractivity contribution is 0.182. The van der Waals surface area contributed by atoms with Gasteiger partial charge < -0.3 is 15.4 Å².